The van der Waals surface area contributed by atoms with Crippen LogP contribution in [0.5, 0.6) is 0 Å². The van der Waals surface area contributed by atoms with E-state index in [-0.39, 0.29) is 17.4 Å². The third-order valence-electron chi connectivity index (χ3n) is 5.43. The van der Waals surface area contributed by atoms with Gasteiger partial charge in [0.25, 0.3) is 5.91 Å². The van der Waals surface area contributed by atoms with Crippen molar-refractivity contribution < 1.29 is 9.59 Å². The van der Waals surface area contributed by atoms with E-state index in [1.807, 2.05) is 17.0 Å². The second-order valence-corrected chi connectivity index (χ2v) is 8.38. The molecule has 6 heteroatoms. The molecule has 1 atom stereocenters. The van der Waals surface area contributed by atoms with Gasteiger partial charge in [0, 0.05) is 50.4 Å². The first kappa shape index (κ1) is 18.9. The summed E-state index contributed by atoms with van der Waals surface area (Å²) in [5, 5.41) is 0. The summed E-state index contributed by atoms with van der Waals surface area (Å²) in [7, 11) is 0. The SMILES string of the molecule is CC(N)C(=O)N1CCN(C(=O)c2cccc3c2CN(C(C)(C)C)C3)CC1. The minimum absolute atomic E-state index is 0.0430. The van der Waals surface area contributed by atoms with Crippen molar-refractivity contribution in [1.29, 1.82) is 0 Å². The molecule has 3 rings (SSSR count). The molecule has 26 heavy (non-hydrogen) atoms. The van der Waals surface area contributed by atoms with Gasteiger partial charge in [-0.2, -0.15) is 0 Å². The fourth-order valence-electron chi connectivity index (χ4n) is 3.68. The number of piperazine rings is 1. The first-order chi connectivity index (χ1) is 12.2. The predicted molar refractivity (Wildman–Crippen MR) is 102 cm³/mol. The molecule has 0 radical (unpaired) electrons. The number of carbonyl (C=O) groups excluding carboxylic acids is 2. The third-order valence-corrected chi connectivity index (χ3v) is 5.43. The number of hydrogen-bond acceptors (Lipinski definition) is 4. The van der Waals surface area contributed by atoms with E-state index in [0.717, 1.165) is 24.2 Å². The number of rotatable bonds is 2. The minimum atomic E-state index is -0.488. The Morgan fingerprint density at radius 2 is 1.65 bits per heavy atom. The fraction of sp³-hybridized carbons (Fsp3) is 0.600. The van der Waals surface area contributed by atoms with Crippen LogP contribution in [0, 0.1) is 0 Å². The topological polar surface area (TPSA) is 69.9 Å². The van der Waals surface area contributed by atoms with Gasteiger partial charge in [-0.15, -0.1) is 0 Å². The van der Waals surface area contributed by atoms with Gasteiger partial charge in [-0.05, 0) is 44.9 Å². The van der Waals surface area contributed by atoms with Crippen molar-refractivity contribution in [2.75, 3.05) is 26.2 Å². The van der Waals surface area contributed by atoms with Crippen LogP contribution in [-0.2, 0) is 17.9 Å². The van der Waals surface area contributed by atoms with Gasteiger partial charge >= 0.3 is 0 Å². The van der Waals surface area contributed by atoms with Crippen molar-refractivity contribution >= 4 is 11.8 Å². The van der Waals surface area contributed by atoms with E-state index in [9.17, 15) is 9.59 Å². The van der Waals surface area contributed by atoms with Crippen molar-refractivity contribution in [3.63, 3.8) is 0 Å². The Labute approximate surface area is 155 Å². The molecule has 2 heterocycles. The van der Waals surface area contributed by atoms with Crippen LogP contribution in [0.25, 0.3) is 0 Å². The summed E-state index contributed by atoms with van der Waals surface area (Å²) in [5.74, 6) is 0.0315. The largest absolute Gasteiger partial charge is 0.338 e. The van der Waals surface area contributed by atoms with E-state index in [4.69, 9.17) is 5.73 Å². The highest BCUT2D eigenvalue weighted by atomic mass is 16.2. The van der Waals surface area contributed by atoms with Crippen LogP contribution >= 0.6 is 0 Å². The maximum atomic E-state index is 13.1. The average Bonchev–Trinajstić information content (AvgIpc) is 3.05. The van der Waals surface area contributed by atoms with E-state index < -0.39 is 6.04 Å². The first-order valence-electron chi connectivity index (χ1n) is 9.38. The highest BCUT2D eigenvalue weighted by Gasteiger charge is 2.32. The molecule has 0 spiro atoms. The van der Waals surface area contributed by atoms with Crippen molar-refractivity contribution in [3.05, 3.63) is 34.9 Å². The van der Waals surface area contributed by atoms with Crippen LogP contribution in [0.4, 0.5) is 0 Å². The summed E-state index contributed by atoms with van der Waals surface area (Å²) in [6.07, 6.45) is 0. The molecule has 1 aromatic rings. The van der Waals surface area contributed by atoms with Crippen LogP contribution in [0.1, 0.15) is 49.2 Å². The number of nitrogens with zero attached hydrogens (tertiary/aromatic N) is 3. The normalized spacial score (nSPS) is 19.4. The molecule has 6 nitrogen and oxygen atoms in total. The van der Waals surface area contributed by atoms with Crippen LogP contribution in [0.3, 0.4) is 0 Å². The number of hydrogen-bond donors (Lipinski definition) is 1. The molecule has 1 saturated heterocycles. The Bertz CT molecular complexity index is 700. The second-order valence-electron chi connectivity index (χ2n) is 8.38. The molecule has 0 bridgehead atoms. The molecule has 0 saturated carbocycles. The summed E-state index contributed by atoms with van der Waals surface area (Å²) in [6.45, 7) is 12.2. The number of benzene rings is 1. The molecule has 2 amide bonds. The molecule has 1 aromatic carbocycles. The summed E-state index contributed by atoms with van der Waals surface area (Å²) in [4.78, 5) is 31.1. The number of amides is 2. The molecule has 2 aliphatic rings. The van der Waals surface area contributed by atoms with Gasteiger partial charge in [-0.1, -0.05) is 12.1 Å². The number of fused-ring (bicyclic) bond motifs is 1. The molecule has 1 fully saturated rings. The summed E-state index contributed by atoms with van der Waals surface area (Å²) in [6, 6.07) is 5.55. The van der Waals surface area contributed by atoms with Gasteiger partial charge in [0.1, 0.15) is 0 Å². The van der Waals surface area contributed by atoms with Gasteiger partial charge < -0.3 is 15.5 Å². The summed E-state index contributed by atoms with van der Waals surface area (Å²) >= 11 is 0. The summed E-state index contributed by atoms with van der Waals surface area (Å²) in [5.41, 5.74) is 8.97. The minimum Gasteiger partial charge on any atom is -0.338 e. The van der Waals surface area contributed by atoms with Crippen LogP contribution in [-0.4, -0.2) is 64.3 Å². The zero-order valence-corrected chi connectivity index (χ0v) is 16.3. The standard InChI is InChI=1S/C20H30N4O2/c1-14(21)18(25)22-8-10-23(11-9-22)19(26)16-7-5-6-15-12-24(13-17(15)16)20(2,3)4/h5-7,14H,8-13,21H2,1-4H3. The smallest absolute Gasteiger partial charge is 0.254 e. The number of nitrogens with two attached hydrogens (primary N) is 1. The lowest BCUT2D eigenvalue weighted by atomic mass is 10.0. The lowest BCUT2D eigenvalue weighted by Gasteiger charge is -2.36. The highest BCUT2D eigenvalue weighted by molar-refractivity contribution is 5.96. The Morgan fingerprint density at radius 1 is 1.04 bits per heavy atom. The molecular formula is C20H30N4O2. The Morgan fingerprint density at radius 3 is 2.23 bits per heavy atom. The van der Waals surface area contributed by atoms with Gasteiger partial charge in [-0.25, -0.2) is 0 Å². The molecule has 2 aliphatic heterocycles. The lowest BCUT2D eigenvalue weighted by molar-refractivity contribution is -0.133. The third kappa shape index (κ3) is 3.62. The number of carbonyl (C=O) groups is 2. The van der Waals surface area contributed by atoms with E-state index in [1.54, 1.807) is 11.8 Å². The monoisotopic (exact) mass is 358 g/mol. The van der Waals surface area contributed by atoms with Crippen molar-refractivity contribution in [2.24, 2.45) is 5.73 Å². The Balaban J connectivity index is 1.72. The molecule has 0 aromatic heterocycles. The van der Waals surface area contributed by atoms with Gasteiger partial charge in [0.15, 0.2) is 0 Å². The fourth-order valence-corrected chi connectivity index (χ4v) is 3.68. The van der Waals surface area contributed by atoms with E-state index in [0.29, 0.717) is 26.2 Å². The first-order valence-corrected chi connectivity index (χ1v) is 9.38. The lowest BCUT2D eigenvalue weighted by Crippen LogP contribution is -2.53. The Kier molecular flexibility index (Phi) is 5.08. The molecule has 142 valence electrons. The zero-order valence-electron chi connectivity index (χ0n) is 16.3. The van der Waals surface area contributed by atoms with Crippen molar-refractivity contribution in [3.8, 4) is 0 Å². The molecular weight excluding hydrogens is 328 g/mol. The highest BCUT2D eigenvalue weighted by Crippen LogP contribution is 2.31. The Hall–Kier alpha value is -1.92. The quantitative estimate of drug-likeness (QED) is 0.868. The zero-order chi connectivity index (χ0) is 19.1. The molecule has 2 N–H and O–H groups in total. The van der Waals surface area contributed by atoms with Gasteiger partial charge in [0.2, 0.25) is 5.91 Å². The van der Waals surface area contributed by atoms with E-state index in [2.05, 4.69) is 31.7 Å². The van der Waals surface area contributed by atoms with Crippen molar-refractivity contribution in [1.82, 2.24) is 14.7 Å². The molecule has 0 aliphatic carbocycles. The van der Waals surface area contributed by atoms with Gasteiger partial charge in [0.05, 0.1) is 6.04 Å². The van der Waals surface area contributed by atoms with E-state index >= 15 is 0 Å². The van der Waals surface area contributed by atoms with Gasteiger partial charge in [-0.3, -0.25) is 14.5 Å². The van der Waals surface area contributed by atoms with E-state index in [1.165, 1.54) is 5.56 Å². The summed E-state index contributed by atoms with van der Waals surface area (Å²) < 4.78 is 0. The predicted octanol–water partition coefficient (Wildman–Crippen LogP) is 1.43. The van der Waals surface area contributed by atoms with Crippen LogP contribution in [0.15, 0.2) is 18.2 Å². The maximum absolute atomic E-state index is 13.1. The van der Waals surface area contributed by atoms with Crippen LogP contribution in [0.2, 0.25) is 0 Å². The van der Waals surface area contributed by atoms with Crippen molar-refractivity contribution in [2.45, 2.75) is 52.4 Å². The molecule has 1 unspecified atom stereocenters. The maximum Gasteiger partial charge on any atom is 0.254 e. The van der Waals surface area contributed by atoms with Crippen LogP contribution < -0.4 is 5.73 Å². The average molecular weight is 358 g/mol. The second kappa shape index (κ2) is 7.00.